The highest BCUT2D eigenvalue weighted by molar-refractivity contribution is 9.10. The van der Waals surface area contributed by atoms with Crippen molar-refractivity contribution in [2.75, 3.05) is 0 Å². The van der Waals surface area contributed by atoms with E-state index in [4.69, 9.17) is 0 Å². The summed E-state index contributed by atoms with van der Waals surface area (Å²) in [5, 5.41) is 20.9. The zero-order chi connectivity index (χ0) is 13.4. The number of halogens is 4. The molecule has 0 N–H and O–H groups in total. The predicted octanol–water partition coefficient (Wildman–Crippen LogP) is 3.28. The summed E-state index contributed by atoms with van der Waals surface area (Å²) in [5.41, 5.74) is -3.46. The van der Waals surface area contributed by atoms with E-state index in [1.54, 1.807) is 0 Å². The van der Waals surface area contributed by atoms with Gasteiger partial charge in [-0.1, -0.05) is 0 Å². The molecule has 0 saturated carbocycles. The number of nitro benzene ring substituents is 2. The van der Waals surface area contributed by atoms with Crippen LogP contribution in [0.15, 0.2) is 16.6 Å². The second-order valence-electron chi connectivity index (χ2n) is 2.84. The number of hydrogen-bond acceptors (Lipinski definition) is 4. The van der Waals surface area contributed by atoms with Crippen LogP contribution in [0.5, 0.6) is 0 Å². The van der Waals surface area contributed by atoms with Gasteiger partial charge in [-0.15, -0.1) is 0 Å². The molecule has 0 heterocycles. The number of nitrogens with zero attached hydrogens (tertiary/aromatic N) is 2. The van der Waals surface area contributed by atoms with Gasteiger partial charge >= 0.3 is 6.18 Å². The summed E-state index contributed by atoms with van der Waals surface area (Å²) in [5.74, 6) is 0. The number of nitro groups is 2. The van der Waals surface area contributed by atoms with Gasteiger partial charge in [0.1, 0.15) is 0 Å². The predicted molar refractivity (Wildman–Crippen MR) is 52.5 cm³/mol. The monoisotopic (exact) mass is 314 g/mol. The molecule has 0 aliphatic heterocycles. The molecule has 0 radical (unpaired) electrons. The van der Waals surface area contributed by atoms with E-state index < -0.39 is 37.4 Å². The van der Waals surface area contributed by atoms with Crippen LogP contribution < -0.4 is 0 Å². The fourth-order valence-corrected chi connectivity index (χ4v) is 1.54. The Labute approximate surface area is 99.5 Å². The second kappa shape index (κ2) is 4.28. The Hall–Kier alpha value is -1.71. The molecular formula is C7H2BrF3N2O4. The lowest BCUT2D eigenvalue weighted by molar-refractivity contribution is -0.396. The minimum atomic E-state index is -4.89. The molecule has 0 fully saturated rings. The molecule has 0 atom stereocenters. The van der Waals surface area contributed by atoms with Gasteiger partial charge < -0.3 is 0 Å². The summed E-state index contributed by atoms with van der Waals surface area (Å²) >= 11 is 2.53. The van der Waals surface area contributed by atoms with Crippen molar-refractivity contribution in [1.82, 2.24) is 0 Å². The van der Waals surface area contributed by atoms with E-state index >= 15 is 0 Å². The average Bonchev–Trinajstić information content (AvgIpc) is 2.14. The van der Waals surface area contributed by atoms with Crippen LogP contribution in [0.2, 0.25) is 0 Å². The van der Waals surface area contributed by atoms with E-state index in [2.05, 4.69) is 15.9 Å². The van der Waals surface area contributed by atoms with E-state index in [0.29, 0.717) is 0 Å². The van der Waals surface area contributed by atoms with Gasteiger partial charge in [-0.25, -0.2) is 0 Å². The maximum absolute atomic E-state index is 12.3. The number of benzene rings is 1. The first kappa shape index (κ1) is 13.4. The third-order valence-electron chi connectivity index (χ3n) is 1.75. The van der Waals surface area contributed by atoms with Crippen molar-refractivity contribution in [1.29, 1.82) is 0 Å². The Morgan fingerprint density at radius 1 is 1.06 bits per heavy atom. The summed E-state index contributed by atoms with van der Waals surface area (Å²) in [4.78, 5) is 18.7. The van der Waals surface area contributed by atoms with Crippen molar-refractivity contribution in [2.45, 2.75) is 6.18 Å². The molecule has 1 aromatic carbocycles. The molecule has 1 rings (SSSR count). The highest BCUT2D eigenvalue weighted by Crippen LogP contribution is 2.40. The largest absolute Gasteiger partial charge is 0.416 e. The van der Waals surface area contributed by atoms with Crippen LogP contribution >= 0.6 is 15.9 Å². The smallest absolute Gasteiger partial charge is 0.258 e. The Morgan fingerprint density at radius 3 is 1.65 bits per heavy atom. The SMILES string of the molecule is O=[N+]([O-])c1cc(C(F)(F)F)cc([N+](=O)[O-])c1Br. The van der Waals surface area contributed by atoms with E-state index in [0.717, 1.165) is 0 Å². The zero-order valence-electron chi connectivity index (χ0n) is 7.69. The summed E-state index contributed by atoms with van der Waals surface area (Å²) in [6, 6.07) is 0.466. The van der Waals surface area contributed by atoms with Gasteiger partial charge in [-0.2, -0.15) is 13.2 Å². The van der Waals surface area contributed by atoms with Crippen molar-refractivity contribution >= 4 is 27.3 Å². The Kier molecular flexibility index (Phi) is 3.36. The lowest BCUT2D eigenvalue weighted by atomic mass is 10.1. The summed E-state index contributed by atoms with van der Waals surface area (Å²) in [6.07, 6.45) is -4.89. The molecule has 10 heteroatoms. The molecule has 0 aliphatic carbocycles. The molecular weight excluding hydrogens is 313 g/mol. The topological polar surface area (TPSA) is 86.3 Å². The van der Waals surface area contributed by atoms with Crippen molar-refractivity contribution in [3.8, 4) is 0 Å². The standard InChI is InChI=1S/C7H2BrF3N2O4/c8-6-4(12(14)15)1-3(7(9,10)11)2-5(6)13(16)17/h1-2H. The van der Waals surface area contributed by atoms with E-state index in [1.165, 1.54) is 0 Å². The fraction of sp³-hybridized carbons (Fsp3) is 0.143. The van der Waals surface area contributed by atoms with E-state index in [1.807, 2.05) is 0 Å². The maximum Gasteiger partial charge on any atom is 0.416 e. The third kappa shape index (κ3) is 2.70. The summed E-state index contributed by atoms with van der Waals surface area (Å²) in [7, 11) is 0. The minimum absolute atomic E-state index is 0.233. The minimum Gasteiger partial charge on any atom is -0.258 e. The van der Waals surface area contributed by atoms with Crippen LogP contribution in [0.4, 0.5) is 24.5 Å². The first-order valence-electron chi connectivity index (χ1n) is 3.84. The lowest BCUT2D eigenvalue weighted by Crippen LogP contribution is -2.07. The van der Waals surface area contributed by atoms with Crippen molar-refractivity contribution < 1.29 is 23.0 Å². The molecule has 0 bridgehead atoms. The molecule has 0 saturated heterocycles. The third-order valence-corrected chi connectivity index (χ3v) is 2.57. The van der Waals surface area contributed by atoms with Crippen LogP contribution in [0, 0.1) is 20.2 Å². The molecule has 0 unspecified atom stereocenters. The first-order chi connectivity index (χ1) is 7.64. The van der Waals surface area contributed by atoms with Gasteiger partial charge in [0.25, 0.3) is 11.4 Å². The molecule has 6 nitrogen and oxygen atoms in total. The highest BCUT2D eigenvalue weighted by Gasteiger charge is 2.36. The molecule has 92 valence electrons. The number of alkyl halides is 3. The van der Waals surface area contributed by atoms with Crippen LogP contribution in [0.3, 0.4) is 0 Å². The van der Waals surface area contributed by atoms with Gasteiger partial charge in [0.2, 0.25) is 0 Å². The van der Waals surface area contributed by atoms with Gasteiger partial charge in [-0.3, -0.25) is 20.2 Å². The van der Waals surface area contributed by atoms with Crippen LogP contribution in [0.1, 0.15) is 5.56 Å². The molecule has 17 heavy (non-hydrogen) atoms. The van der Waals surface area contributed by atoms with Crippen molar-refractivity contribution in [3.63, 3.8) is 0 Å². The Morgan fingerprint density at radius 2 is 1.41 bits per heavy atom. The van der Waals surface area contributed by atoms with Crippen LogP contribution in [-0.2, 0) is 6.18 Å². The van der Waals surface area contributed by atoms with Gasteiger partial charge in [-0.05, 0) is 15.9 Å². The zero-order valence-corrected chi connectivity index (χ0v) is 9.28. The van der Waals surface area contributed by atoms with E-state index in [-0.39, 0.29) is 12.1 Å². The fourth-order valence-electron chi connectivity index (χ4n) is 1.02. The van der Waals surface area contributed by atoms with Crippen LogP contribution in [-0.4, -0.2) is 9.85 Å². The Balaban J connectivity index is 3.59. The second-order valence-corrected chi connectivity index (χ2v) is 3.63. The van der Waals surface area contributed by atoms with Gasteiger partial charge in [0.05, 0.1) is 15.4 Å². The number of hydrogen-bond donors (Lipinski definition) is 0. The quantitative estimate of drug-likeness (QED) is 0.619. The first-order valence-corrected chi connectivity index (χ1v) is 4.63. The van der Waals surface area contributed by atoms with Crippen LogP contribution in [0.25, 0.3) is 0 Å². The van der Waals surface area contributed by atoms with Crippen molar-refractivity contribution in [3.05, 3.63) is 42.4 Å². The summed E-state index contributed by atoms with van der Waals surface area (Å²) in [6.45, 7) is 0. The lowest BCUT2D eigenvalue weighted by Gasteiger charge is -2.07. The van der Waals surface area contributed by atoms with Gasteiger partial charge in [0.15, 0.2) is 4.47 Å². The normalized spacial score (nSPS) is 11.3. The molecule has 0 aliphatic rings. The summed E-state index contributed by atoms with van der Waals surface area (Å²) < 4.78 is 36.4. The Bertz CT molecular complexity index is 467. The van der Waals surface area contributed by atoms with Gasteiger partial charge in [0, 0.05) is 12.1 Å². The average molecular weight is 315 g/mol. The molecule has 0 aromatic heterocycles. The van der Waals surface area contributed by atoms with Crippen molar-refractivity contribution in [2.24, 2.45) is 0 Å². The van der Waals surface area contributed by atoms with E-state index in [9.17, 15) is 33.4 Å². The highest BCUT2D eigenvalue weighted by atomic mass is 79.9. The maximum atomic E-state index is 12.3. The molecule has 0 amide bonds. The molecule has 0 spiro atoms. The number of rotatable bonds is 2. The molecule has 1 aromatic rings.